The van der Waals surface area contributed by atoms with E-state index in [0.29, 0.717) is 18.8 Å². The fourth-order valence-electron chi connectivity index (χ4n) is 2.52. The summed E-state index contributed by atoms with van der Waals surface area (Å²) in [4.78, 5) is 3.78. The lowest BCUT2D eigenvalue weighted by Crippen LogP contribution is -2.16. The van der Waals surface area contributed by atoms with E-state index in [2.05, 4.69) is 25.1 Å². The summed E-state index contributed by atoms with van der Waals surface area (Å²) in [6, 6.07) is 2.36. The van der Waals surface area contributed by atoms with Crippen molar-refractivity contribution in [1.29, 1.82) is 0 Å². The maximum atomic E-state index is 12.4. The molecule has 0 aromatic carbocycles. The number of fused-ring (bicyclic) bond motifs is 1. The molecule has 0 saturated carbocycles. The highest BCUT2D eigenvalue weighted by Crippen LogP contribution is 2.28. The SMILES string of the molecule is FC(F)(F)c1ccc(NCCc2nnc3n2CCCC3)nc1. The van der Waals surface area contributed by atoms with E-state index < -0.39 is 11.7 Å². The van der Waals surface area contributed by atoms with Gasteiger partial charge in [-0.1, -0.05) is 0 Å². The third kappa shape index (κ3) is 3.20. The molecular formula is C14H16F3N5. The van der Waals surface area contributed by atoms with Gasteiger partial charge in [0.1, 0.15) is 17.5 Å². The Hall–Kier alpha value is -2.12. The quantitative estimate of drug-likeness (QED) is 0.943. The van der Waals surface area contributed by atoms with E-state index in [1.807, 2.05) is 0 Å². The van der Waals surface area contributed by atoms with Gasteiger partial charge in [0.05, 0.1) is 5.56 Å². The number of alkyl halides is 3. The minimum absolute atomic E-state index is 0.423. The Morgan fingerprint density at radius 1 is 1.18 bits per heavy atom. The van der Waals surface area contributed by atoms with Crippen LogP contribution in [0.5, 0.6) is 0 Å². The van der Waals surface area contributed by atoms with Crippen LogP contribution in [0.4, 0.5) is 19.0 Å². The van der Waals surface area contributed by atoms with Crippen LogP contribution in [0.1, 0.15) is 30.1 Å². The van der Waals surface area contributed by atoms with E-state index in [1.54, 1.807) is 0 Å². The molecule has 1 N–H and O–H groups in total. The van der Waals surface area contributed by atoms with Crippen LogP contribution in [0.25, 0.3) is 0 Å². The summed E-state index contributed by atoms with van der Waals surface area (Å²) >= 11 is 0. The Balaban J connectivity index is 1.56. The second-order valence-electron chi connectivity index (χ2n) is 5.25. The van der Waals surface area contributed by atoms with Gasteiger partial charge in [-0.25, -0.2) is 4.98 Å². The van der Waals surface area contributed by atoms with E-state index in [0.717, 1.165) is 49.7 Å². The summed E-state index contributed by atoms with van der Waals surface area (Å²) in [5, 5.41) is 11.4. The molecule has 1 aliphatic heterocycles. The summed E-state index contributed by atoms with van der Waals surface area (Å²) in [7, 11) is 0. The smallest absolute Gasteiger partial charge is 0.370 e. The lowest BCUT2D eigenvalue weighted by Gasteiger charge is -2.14. The molecule has 5 nitrogen and oxygen atoms in total. The number of nitrogens with one attached hydrogen (secondary N) is 1. The first-order chi connectivity index (χ1) is 10.5. The van der Waals surface area contributed by atoms with Crippen molar-refractivity contribution in [3.8, 4) is 0 Å². The Kier molecular flexibility index (Phi) is 4.00. The lowest BCUT2D eigenvalue weighted by atomic mass is 10.1. The number of aromatic nitrogens is 4. The van der Waals surface area contributed by atoms with Crippen molar-refractivity contribution in [2.75, 3.05) is 11.9 Å². The van der Waals surface area contributed by atoms with Gasteiger partial charge in [0, 0.05) is 32.1 Å². The number of hydrogen-bond acceptors (Lipinski definition) is 4. The molecule has 0 radical (unpaired) electrons. The second kappa shape index (κ2) is 5.94. The third-order valence-electron chi connectivity index (χ3n) is 3.68. The molecule has 2 aromatic heterocycles. The summed E-state index contributed by atoms with van der Waals surface area (Å²) < 4.78 is 39.4. The van der Waals surface area contributed by atoms with Gasteiger partial charge in [-0.05, 0) is 25.0 Å². The summed E-state index contributed by atoms with van der Waals surface area (Å²) in [5.74, 6) is 2.36. The third-order valence-corrected chi connectivity index (χ3v) is 3.68. The van der Waals surface area contributed by atoms with Crippen LogP contribution < -0.4 is 5.32 Å². The zero-order valence-electron chi connectivity index (χ0n) is 11.9. The molecule has 2 aromatic rings. The molecule has 0 spiro atoms. The van der Waals surface area contributed by atoms with Crippen molar-refractivity contribution in [3.63, 3.8) is 0 Å². The molecule has 22 heavy (non-hydrogen) atoms. The molecule has 3 heterocycles. The van der Waals surface area contributed by atoms with Gasteiger partial charge in [-0.2, -0.15) is 13.2 Å². The van der Waals surface area contributed by atoms with Gasteiger partial charge in [0.15, 0.2) is 0 Å². The van der Waals surface area contributed by atoms with Crippen molar-refractivity contribution < 1.29 is 13.2 Å². The Labute approximate surface area is 125 Å². The molecule has 118 valence electrons. The van der Waals surface area contributed by atoms with Crippen molar-refractivity contribution in [2.45, 2.75) is 38.4 Å². The average molecular weight is 311 g/mol. The minimum atomic E-state index is -4.36. The second-order valence-corrected chi connectivity index (χ2v) is 5.25. The molecule has 0 saturated heterocycles. The van der Waals surface area contributed by atoms with Gasteiger partial charge < -0.3 is 9.88 Å². The van der Waals surface area contributed by atoms with Crippen LogP contribution in [-0.4, -0.2) is 26.3 Å². The van der Waals surface area contributed by atoms with Gasteiger partial charge in [0.2, 0.25) is 0 Å². The average Bonchev–Trinajstić information content (AvgIpc) is 2.90. The molecule has 0 fully saturated rings. The van der Waals surface area contributed by atoms with Crippen LogP contribution in [0, 0.1) is 0 Å². The number of pyridine rings is 1. The molecule has 1 aliphatic rings. The van der Waals surface area contributed by atoms with Crippen molar-refractivity contribution in [3.05, 3.63) is 35.5 Å². The number of anilines is 1. The highest BCUT2D eigenvalue weighted by Gasteiger charge is 2.30. The zero-order chi connectivity index (χ0) is 15.6. The Bertz CT molecular complexity index is 633. The molecule has 0 amide bonds. The van der Waals surface area contributed by atoms with E-state index >= 15 is 0 Å². The Morgan fingerprint density at radius 2 is 2.05 bits per heavy atom. The van der Waals surface area contributed by atoms with E-state index in [1.165, 1.54) is 6.07 Å². The standard InChI is InChI=1S/C14H16F3N5/c15-14(16,17)10-4-5-11(19-9-10)18-7-6-13-21-20-12-3-1-2-8-22(12)13/h4-5,9H,1-3,6-8H2,(H,18,19). The molecule has 0 unspecified atom stereocenters. The predicted octanol–water partition coefficient (Wildman–Crippen LogP) is 2.68. The predicted molar refractivity (Wildman–Crippen MR) is 74.4 cm³/mol. The number of hydrogen-bond donors (Lipinski definition) is 1. The van der Waals surface area contributed by atoms with Crippen LogP contribution in [0.15, 0.2) is 18.3 Å². The number of aryl methyl sites for hydroxylation is 1. The van der Waals surface area contributed by atoms with Crippen LogP contribution in [-0.2, 0) is 25.6 Å². The van der Waals surface area contributed by atoms with Crippen LogP contribution in [0.3, 0.4) is 0 Å². The fourth-order valence-corrected chi connectivity index (χ4v) is 2.52. The molecule has 0 aliphatic carbocycles. The summed E-state index contributed by atoms with van der Waals surface area (Å²) in [6.45, 7) is 1.49. The summed E-state index contributed by atoms with van der Waals surface area (Å²) in [6.07, 6.45) is 0.377. The van der Waals surface area contributed by atoms with Gasteiger partial charge in [-0.15, -0.1) is 10.2 Å². The van der Waals surface area contributed by atoms with Gasteiger partial charge in [-0.3, -0.25) is 0 Å². The van der Waals surface area contributed by atoms with Crippen LogP contribution >= 0.6 is 0 Å². The first-order valence-electron chi connectivity index (χ1n) is 7.22. The zero-order valence-corrected chi connectivity index (χ0v) is 11.9. The minimum Gasteiger partial charge on any atom is -0.370 e. The normalized spacial score (nSPS) is 14.7. The molecule has 0 bridgehead atoms. The number of rotatable bonds is 4. The van der Waals surface area contributed by atoms with E-state index in [4.69, 9.17) is 0 Å². The molecule has 3 rings (SSSR count). The van der Waals surface area contributed by atoms with Gasteiger partial charge >= 0.3 is 6.18 Å². The van der Waals surface area contributed by atoms with Crippen LogP contribution in [0.2, 0.25) is 0 Å². The fraction of sp³-hybridized carbons (Fsp3) is 0.500. The monoisotopic (exact) mass is 311 g/mol. The maximum absolute atomic E-state index is 12.4. The van der Waals surface area contributed by atoms with E-state index in [9.17, 15) is 13.2 Å². The Morgan fingerprint density at radius 3 is 2.77 bits per heavy atom. The van der Waals surface area contributed by atoms with Crippen molar-refractivity contribution >= 4 is 5.82 Å². The highest BCUT2D eigenvalue weighted by molar-refractivity contribution is 5.36. The first kappa shape index (κ1) is 14.8. The first-order valence-corrected chi connectivity index (χ1v) is 7.22. The van der Waals surface area contributed by atoms with Crippen molar-refractivity contribution in [2.24, 2.45) is 0 Å². The number of nitrogens with zero attached hydrogens (tertiary/aromatic N) is 4. The molecule has 8 heteroatoms. The largest absolute Gasteiger partial charge is 0.417 e. The summed E-state index contributed by atoms with van der Waals surface area (Å²) in [5.41, 5.74) is -0.746. The topological polar surface area (TPSA) is 55.6 Å². The molecular weight excluding hydrogens is 295 g/mol. The van der Waals surface area contributed by atoms with E-state index in [-0.39, 0.29) is 0 Å². The molecule has 0 atom stereocenters. The van der Waals surface area contributed by atoms with Crippen molar-refractivity contribution in [1.82, 2.24) is 19.7 Å². The lowest BCUT2D eigenvalue weighted by molar-refractivity contribution is -0.137. The van der Waals surface area contributed by atoms with Gasteiger partial charge in [0.25, 0.3) is 0 Å². The maximum Gasteiger partial charge on any atom is 0.417 e. The number of halogens is 3. The highest BCUT2D eigenvalue weighted by atomic mass is 19.4.